The van der Waals surface area contributed by atoms with Crippen LogP contribution in [-0.4, -0.2) is 26.4 Å². The number of anilines is 1. The maximum Gasteiger partial charge on any atom is 0.169 e. The second-order valence-electron chi connectivity index (χ2n) is 5.05. The summed E-state index contributed by atoms with van der Waals surface area (Å²) in [4.78, 5) is 8.67. The normalized spacial score (nSPS) is 10.8. The van der Waals surface area contributed by atoms with Gasteiger partial charge < -0.3 is 10.1 Å². The number of ether oxygens (including phenoxy) is 1. The van der Waals surface area contributed by atoms with Gasteiger partial charge >= 0.3 is 0 Å². The van der Waals surface area contributed by atoms with Crippen LogP contribution in [0.4, 0.5) is 5.69 Å². The van der Waals surface area contributed by atoms with E-state index in [0.717, 1.165) is 34.6 Å². The molecule has 0 bridgehead atoms. The van der Waals surface area contributed by atoms with Crippen LogP contribution in [0.3, 0.4) is 0 Å². The van der Waals surface area contributed by atoms with E-state index in [2.05, 4.69) is 27.3 Å². The third-order valence-electron chi connectivity index (χ3n) is 3.28. The first kappa shape index (κ1) is 14.3. The zero-order valence-corrected chi connectivity index (χ0v) is 12.8. The molecule has 1 N–H and O–H groups in total. The number of hydrogen-bond acceptors (Lipinski definition) is 5. The summed E-state index contributed by atoms with van der Waals surface area (Å²) in [6, 6.07) is 7.93. The number of aryl methyl sites for hydroxylation is 1. The fraction of sp³-hybridized carbons (Fsp3) is 0.312. The molecule has 6 nitrogen and oxygen atoms in total. The molecule has 1 aromatic carbocycles. The first-order valence-electron chi connectivity index (χ1n) is 7.37. The van der Waals surface area contributed by atoms with Gasteiger partial charge in [0.2, 0.25) is 0 Å². The largest absolute Gasteiger partial charge is 0.491 e. The molecule has 6 heteroatoms. The Bertz CT molecular complexity index is 768. The van der Waals surface area contributed by atoms with Crippen molar-refractivity contribution in [3.05, 3.63) is 42.6 Å². The van der Waals surface area contributed by atoms with Crippen molar-refractivity contribution in [1.82, 2.24) is 19.7 Å². The summed E-state index contributed by atoms with van der Waals surface area (Å²) >= 11 is 0. The number of hydrogen-bond donors (Lipinski definition) is 1. The van der Waals surface area contributed by atoms with E-state index >= 15 is 0 Å². The van der Waals surface area contributed by atoms with Crippen molar-refractivity contribution in [3.63, 3.8) is 0 Å². The van der Waals surface area contributed by atoms with Gasteiger partial charge in [-0.2, -0.15) is 5.10 Å². The lowest BCUT2D eigenvalue weighted by atomic mass is 10.1. The predicted molar refractivity (Wildman–Crippen MR) is 85.9 cm³/mol. The average molecular weight is 297 g/mol. The van der Waals surface area contributed by atoms with Crippen LogP contribution in [-0.2, 0) is 13.6 Å². The van der Waals surface area contributed by atoms with Crippen molar-refractivity contribution in [2.75, 3.05) is 11.9 Å². The second-order valence-corrected chi connectivity index (χ2v) is 5.05. The van der Waals surface area contributed by atoms with Crippen LogP contribution in [0.1, 0.15) is 19.2 Å². The summed E-state index contributed by atoms with van der Waals surface area (Å²) in [5.74, 6) is 1.57. The van der Waals surface area contributed by atoms with E-state index in [0.29, 0.717) is 13.2 Å². The smallest absolute Gasteiger partial charge is 0.169 e. The van der Waals surface area contributed by atoms with E-state index in [-0.39, 0.29) is 0 Å². The van der Waals surface area contributed by atoms with Gasteiger partial charge in [0.1, 0.15) is 17.6 Å². The Morgan fingerprint density at radius 1 is 1.23 bits per heavy atom. The Hall–Kier alpha value is -2.63. The van der Waals surface area contributed by atoms with Gasteiger partial charge in [-0.1, -0.05) is 19.1 Å². The zero-order valence-electron chi connectivity index (χ0n) is 12.8. The van der Waals surface area contributed by atoms with Crippen molar-refractivity contribution in [3.8, 4) is 5.75 Å². The molecule has 3 aromatic rings. The highest BCUT2D eigenvalue weighted by Gasteiger charge is 2.08. The predicted octanol–water partition coefficient (Wildman–Crippen LogP) is 2.76. The van der Waals surface area contributed by atoms with E-state index in [1.165, 1.54) is 0 Å². The van der Waals surface area contributed by atoms with Gasteiger partial charge in [0.25, 0.3) is 0 Å². The van der Waals surface area contributed by atoms with Crippen LogP contribution in [0, 0.1) is 0 Å². The Labute approximate surface area is 129 Å². The third kappa shape index (κ3) is 3.00. The minimum atomic E-state index is 0.569. The molecule has 0 spiro atoms. The van der Waals surface area contributed by atoms with Crippen molar-refractivity contribution in [2.45, 2.75) is 19.9 Å². The first-order chi connectivity index (χ1) is 10.8. The summed E-state index contributed by atoms with van der Waals surface area (Å²) in [6.07, 6.45) is 4.45. The summed E-state index contributed by atoms with van der Waals surface area (Å²) < 4.78 is 7.46. The van der Waals surface area contributed by atoms with Crippen molar-refractivity contribution >= 4 is 16.6 Å². The van der Waals surface area contributed by atoms with Gasteiger partial charge in [0.05, 0.1) is 13.2 Å². The fourth-order valence-corrected chi connectivity index (χ4v) is 2.27. The fourth-order valence-electron chi connectivity index (χ4n) is 2.27. The van der Waals surface area contributed by atoms with Gasteiger partial charge in [-0.25, -0.2) is 4.98 Å². The lowest BCUT2D eigenvalue weighted by Crippen LogP contribution is -2.03. The maximum absolute atomic E-state index is 5.77. The molecule has 0 atom stereocenters. The van der Waals surface area contributed by atoms with Crippen molar-refractivity contribution < 1.29 is 4.74 Å². The van der Waals surface area contributed by atoms with Crippen LogP contribution in [0.25, 0.3) is 10.9 Å². The van der Waals surface area contributed by atoms with Crippen molar-refractivity contribution in [1.29, 1.82) is 0 Å². The number of nitrogens with zero attached hydrogens (tertiary/aromatic N) is 4. The number of nitrogens with one attached hydrogen (secondary N) is 1. The molecular weight excluding hydrogens is 278 g/mol. The molecule has 3 rings (SSSR count). The minimum Gasteiger partial charge on any atom is -0.491 e. The number of aromatic nitrogens is 4. The molecule has 0 fully saturated rings. The summed E-state index contributed by atoms with van der Waals surface area (Å²) in [6.45, 7) is 3.35. The Kier molecular flexibility index (Phi) is 4.18. The topological polar surface area (TPSA) is 64.9 Å². The molecule has 0 saturated heterocycles. The van der Waals surface area contributed by atoms with Gasteiger partial charge in [-0.3, -0.25) is 9.67 Å². The number of rotatable bonds is 6. The highest BCUT2D eigenvalue weighted by molar-refractivity contribution is 5.94. The SMILES string of the molecule is CCCOc1cccc2c(NCc3ncn(C)n3)ccnc12. The quantitative estimate of drug-likeness (QED) is 0.758. The number of para-hydroxylation sites is 1. The van der Waals surface area contributed by atoms with E-state index in [9.17, 15) is 0 Å². The number of fused-ring (bicyclic) bond motifs is 1. The van der Waals surface area contributed by atoms with Gasteiger partial charge in [-0.15, -0.1) is 0 Å². The lowest BCUT2D eigenvalue weighted by molar-refractivity contribution is 0.320. The third-order valence-corrected chi connectivity index (χ3v) is 3.28. The average Bonchev–Trinajstić information content (AvgIpc) is 2.96. The highest BCUT2D eigenvalue weighted by atomic mass is 16.5. The number of benzene rings is 1. The first-order valence-corrected chi connectivity index (χ1v) is 7.37. The molecule has 2 aromatic heterocycles. The number of pyridine rings is 1. The van der Waals surface area contributed by atoms with Crippen LogP contribution in [0.5, 0.6) is 5.75 Å². The van der Waals surface area contributed by atoms with Gasteiger partial charge in [0, 0.05) is 24.3 Å². The van der Waals surface area contributed by atoms with Gasteiger partial charge in [-0.05, 0) is 18.6 Å². The zero-order chi connectivity index (χ0) is 15.4. The summed E-state index contributed by atoms with van der Waals surface area (Å²) in [7, 11) is 1.86. The van der Waals surface area contributed by atoms with Crippen molar-refractivity contribution in [2.24, 2.45) is 7.05 Å². The van der Waals surface area contributed by atoms with E-state index < -0.39 is 0 Å². The summed E-state index contributed by atoms with van der Waals surface area (Å²) in [5, 5.41) is 8.67. The van der Waals surface area contributed by atoms with E-state index in [1.54, 1.807) is 17.2 Å². The van der Waals surface area contributed by atoms with Gasteiger partial charge in [0.15, 0.2) is 5.82 Å². The molecular formula is C16H19N5O. The molecule has 0 amide bonds. The molecule has 0 aliphatic carbocycles. The standard InChI is InChI=1S/C16H19N5O/c1-3-9-22-14-6-4-5-12-13(7-8-17-16(12)14)18-10-15-19-11-21(2)20-15/h4-8,11H,3,9-10H2,1-2H3,(H,17,18). The molecule has 22 heavy (non-hydrogen) atoms. The molecule has 114 valence electrons. The molecule has 0 aliphatic heterocycles. The summed E-state index contributed by atoms with van der Waals surface area (Å²) in [5.41, 5.74) is 1.87. The Balaban J connectivity index is 1.86. The lowest BCUT2D eigenvalue weighted by Gasteiger charge is -2.11. The van der Waals surface area contributed by atoms with Crippen LogP contribution >= 0.6 is 0 Å². The molecule has 0 unspecified atom stereocenters. The monoisotopic (exact) mass is 297 g/mol. The van der Waals surface area contributed by atoms with Crippen LogP contribution in [0.2, 0.25) is 0 Å². The molecule has 2 heterocycles. The Morgan fingerprint density at radius 2 is 2.14 bits per heavy atom. The van der Waals surface area contributed by atoms with E-state index in [1.807, 2.05) is 31.3 Å². The highest BCUT2D eigenvalue weighted by Crippen LogP contribution is 2.29. The van der Waals surface area contributed by atoms with E-state index in [4.69, 9.17) is 4.74 Å². The Morgan fingerprint density at radius 3 is 2.91 bits per heavy atom. The van der Waals surface area contributed by atoms with Crippen LogP contribution < -0.4 is 10.1 Å². The molecule has 0 aliphatic rings. The van der Waals surface area contributed by atoms with Crippen LogP contribution in [0.15, 0.2) is 36.8 Å². The second kappa shape index (κ2) is 6.43. The molecule has 0 radical (unpaired) electrons. The maximum atomic E-state index is 5.77. The minimum absolute atomic E-state index is 0.569. The molecule has 0 saturated carbocycles.